The Labute approximate surface area is 175 Å². The molecule has 0 N–H and O–H groups in total. The molecule has 1 aromatic carbocycles. The Bertz CT molecular complexity index is 871. The molecule has 4 rings (SSSR count). The van der Waals surface area contributed by atoms with Crippen LogP contribution in [0, 0.1) is 0 Å². The van der Waals surface area contributed by atoms with Crippen LogP contribution in [-0.2, 0) is 14.3 Å². The number of hydrazine groups is 1. The molecule has 0 bridgehead atoms. The van der Waals surface area contributed by atoms with Crippen LogP contribution in [0.2, 0.25) is 0 Å². The first-order chi connectivity index (χ1) is 14.2. The zero-order chi connectivity index (χ0) is 21.6. The van der Waals surface area contributed by atoms with Crippen LogP contribution in [0.3, 0.4) is 0 Å². The van der Waals surface area contributed by atoms with Gasteiger partial charge in [-0.3, -0.25) is 24.3 Å². The molecule has 0 radical (unpaired) electrons. The largest absolute Gasteiger partial charge is 0.458 e. The first kappa shape index (κ1) is 20.5. The number of carbonyl (C=O) groups is 4. The molecule has 8 heteroatoms. The van der Waals surface area contributed by atoms with Crippen LogP contribution in [0.25, 0.3) is 0 Å². The van der Waals surface area contributed by atoms with Crippen molar-refractivity contribution < 1.29 is 23.9 Å². The average molecular weight is 413 g/mol. The highest BCUT2D eigenvalue weighted by molar-refractivity contribution is 6.22. The summed E-state index contributed by atoms with van der Waals surface area (Å²) < 4.78 is 5.56. The lowest BCUT2D eigenvalue weighted by atomic mass is 10.1. The highest BCUT2D eigenvalue weighted by Gasteiger charge is 2.49. The van der Waals surface area contributed by atoms with E-state index in [1.807, 2.05) is 5.01 Å². The van der Waals surface area contributed by atoms with Gasteiger partial charge in [-0.2, -0.15) is 0 Å². The van der Waals surface area contributed by atoms with Crippen molar-refractivity contribution in [3.05, 3.63) is 35.4 Å². The molecule has 3 amide bonds. The number of benzene rings is 1. The van der Waals surface area contributed by atoms with Crippen LogP contribution in [0.1, 0.15) is 67.2 Å². The van der Waals surface area contributed by atoms with Crippen LogP contribution in [-0.4, -0.2) is 69.4 Å². The van der Waals surface area contributed by atoms with Crippen LogP contribution < -0.4 is 0 Å². The number of fused-ring (bicyclic) bond motifs is 2. The predicted molar refractivity (Wildman–Crippen MR) is 107 cm³/mol. The van der Waals surface area contributed by atoms with Gasteiger partial charge in [0.2, 0.25) is 0 Å². The SMILES string of the molecule is CC(C)(C)OC(=O)[C@@H]1CCCN2CCC[C@@H](N3C(=O)c4ccccc4C3=O)C(=O)N12. The Hall–Kier alpha value is -2.74. The average Bonchev–Trinajstić information content (AvgIpc) is 2.83. The third-order valence-corrected chi connectivity index (χ3v) is 5.71. The van der Waals surface area contributed by atoms with Gasteiger partial charge in [0.05, 0.1) is 11.1 Å². The Morgan fingerprint density at radius 2 is 1.53 bits per heavy atom. The molecule has 160 valence electrons. The minimum absolute atomic E-state index is 0.318. The van der Waals surface area contributed by atoms with Crippen molar-refractivity contribution in [1.82, 2.24) is 14.9 Å². The number of hydrogen-bond acceptors (Lipinski definition) is 6. The lowest BCUT2D eigenvalue weighted by molar-refractivity contribution is -0.184. The standard InChI is InChI=1S/C22H27N3O5/c1-22(2,3)30-21(29)17-11-7-13-23-12-6-10-16(20(28)25(17)23)24-18(26)14-8-4-5-9-15(14)19(24)27/h4-5,8-9,16-17H,6-7,10-13H2,1-3H3/t16-,17+/m1/s1. The number of ether oxygens (including phenoxy) is 1. The molecule has 0 spiro atoms. The van der Waals surface area contributed by atoms with Crippen molar-refractivity contribution >= 4 is 23.7 Å². The zero-order valence-corrected chi connectivity index (χ0v) is 17.6. The first-order valence-corrected chi connectivity index (χ1v) is 10.5. The highest BCUT2D eigenvalue weighted by Crippen LogP contribution is 2.31. The lowest BCUT2D eigenvalue weighted by Crippen LogP contribution is -2.62. The summed E-state index contributed by atoms with van der Waals surface area (Å²) in [6.07, 6.45) is 2.27. The van der Waals surface area contributed by atoms with Gasteiger partial charge in [0.25, 0.3) is 17.7 Å². The van der Waals surface area contributed by atoms with Gasteiger partial charge in [0, 0.05) is 13.1 Å². The van der Waals surface area contributed by atoms with E-state index in [-0.39, 0.29) is 0 Å². The van der Waals surface area contributed by atoms with Gasteiger partial charge in [-0.25, -0.2) is 9.80 Å². The summed E-state index contributed by atoms with van der Waals surface area (Å²) in [5.41, 5.74) is -0.0339. The number of imide groups is 1. The van der Waals surface area contributed by atoms with Crippen molar-refractivity contribution in [3.8, 4) is 0 Å². The van der Waals surface area contributed by atoms with E-state index in [9.17, 15) is 19.2 Å². The summed E-state index contributed by atoms with van der Waals surface area (Å²) in [6, 6.07) is 4.94. The van der Waals surface area contributed by atoms with Crippen molar-refractivity contribution in [2.24, 2.45) is 0 Å². The smallest absolute Gasteiger partial charge is 0.331 e. The maximum atomic E-state index is 13.6. The molecular weight excluding hydrogens is 386 g/mol. The molecule has 0 saturated carbocycles. The van der Waals surface area contributed by atoms with E-state index in [1.54, 1.807) is 45.0 Å². The van der Waals surface area contributed by atoms with E-state index in [4.69, 9.17) is 4.74 Å². The summed E-state index contributed by atoms with van der Waals surface area (Å²) in [5.74, 6) is -1.75. The number of hydrogen-bond donors (Lipinski definition) is 0. The van der Waals surface area contributed by atoms with E-state index in [0.717, 1.165) is 11.3 Å². The monoisotopic (exact) mass is 413 g/mol. The topological polar surface area (TPSA) is 87.2 Å². The van der Waals surface area contributed by atoms with E-state index >= 15 is 0 Å². The summed E-state index contributed by atoms with van der Waals surface area (Å²) in [4.78, 5) is 53.5. The second kappa shape index (κ2) is 7.50. The van der Waals surface area contributed by atoms with E-state index in [0.29, 0.717) is 43.5 Å². The van der Waals surface area contributed by atoms with Crippen molar-refractivity contribution in [3.63, 3.8) is 0 Å². The van der Waals surface area contributed by atoms with Crippen molar-refractivity contribution in [2.45, 2.75) is 64.1 Å². The normalized spacial score (nSPS) is 25.1. The van der Waals surface area contributed by atoms with Gasteiger partial charge < -0.3 is 4.74 Å². The molecule has 8 nitrogen and oxygen atoms in total. The number of carbonyl (C=O) groups excluding carboxylic acids is 4. The second-order valence-electron chi connectivity index (χ2n) is 9.01. The van der Waals surface area contributed by atoms with Gasteiger partial charge in [0.1, 0.15) is 17.7 Å². The Balaban J connectivity index is 1.64. The van der Waals surface area contributed by atoms with Crippen LogP contribution in [0.4, 0.5) is 0 Å². The van der Waals surface area contributed by atoms with E-state index < -0.39 is 41.4 Å². The van der Waals surface area contributed by atoms with Gasteiger partial charge in [-0.1, -0.05) is 12.1 Å². The molecule has 0 aromatic heterocycles. The Morgan fingerprint density at radius 3 is 2.10 bits per heavy atom. The molecule has 3 heterocycles. The third-order valence-electron chi connectivity index (χ3n) is 5.71. The molecule has 1 aromatic rings. The third kappa shape index (κ3) is 3.49. The van der Waals surface area contributed by atoms with Crippen LogP contribution in [0.15, 0.2) is 24.3 Å². The second-order valence-corrected chi connectivity index (χ2v) is 9.01. The fraction of sp³-hybridized carbons (Fsp3) is 0.545. The maximum Gasteiger partial charge on any atom is 0.331 e. The van der Waals surface area contributed by atoms with Crippen LogP contribution >= 0.6 is 0 Å². The quantitative estimate of drug-likeness (QED) is 0.544. The van der Waals surface area contributed by atoms with E-state index in [2.05, 4.69) is 0 Å². The van der Waals surface area contributed by atoms with Gasteiger partial charge in [0.15, 0.2) is 0 Å². The van der Waals surface area contributed by atoms with Crippen molar-refractivity contribution in [1.29, 1.82) is 0 Å². The van der Waals surface area contributed by atoms with Gasteiger partial charge in [-0.15, -0.1) is 0 Å². The number of nitrogens with zero attached hydrogens (tertiary/aromatic N) is 3. The van der Waals surface area contributed by atoms with E-state index in [1.165, 1.54) is 5.01 Å². The fourth-order valence-electron chi connectivity index (χ4n) is 4.47. The Morgan fingerprint density at radius 1 is 0.967 bits per heavy atom. The summed E-state index contributed by atoms with van der Waals surface area (Å²) in [7, 11) is 0. The van der Waals surface area contributed by atoms with Crippen molar-refractivity contribution in [2.75, 3.05) is 13.1 Å². The molecule has 2 fully saturated rings. The summed E-state index contributed by atoms with van der Waals surface area (Å²) in [6.45, 7) is 6.61. The molecule has 0 unspecified atom stereocenters. The van der Waals surface area contributed by atoms with Crippen LogP contribution in [0.5, 0.6) is 0 Å². The lowest BCUT2D eigenvalue weighted by Gasteiger charge is -2.43. The number of esters is 1. The first-order valence-electron chi connectivity index (χ1n) is 10.5. The minimum Gasteiger partial charge on any atom is -0.458 e. The minimum atomic E-state index is -0.926. The number of amides is 3. The molecule has 3 aliphatic heterocycles. The molecule has 3 aliphatic rings. The van der Waals surface area contributed by atoms with Gasteiger partial charge in [-0.05, 0) is 58.6 Å². The summed E-state index contributed by atoms with van der Waals surface area (Å²) >= 11 is 0. The zero-order valence-electron chi connectivity index (χ0n) is 17.6. The molecule has 30 heavy (non-hydrogen) atoms. The highest BCUT2D eigenvalue weighted by atomic mass is 16.6. The molecular formula is C22H27N3O5. The van der Waals surface area contributed by atoms with Gasteiger partial charge >= 0.3 is 5.97 Å². The molecule has 0 aliphatic carbocycles. The molecule has 2 saturated heterocycles. The Kier molecular flexibility index (Phi) is 5.13. The maximum absolute atomic E-state index is 13.6. The number of rotatable bonds is 2. The summed E-state index contributed by atoms with van der Waals surface area (Å²) in [5, 5.41) is 3.33. The predicted octanol–water partition coefficient (Wildman–Crippen LogP) is 1.99. The fourth-order valence-corrected chi connectivity index (χ4v) is 4.47. The molecule has 2 atom stereocenters.